The molecule has 0 radical (unpaired) electrons. The summed E-state index contributed by atoms with van der Waals surface area (Å²) in [5, 5.41) is 10.5. The first-order valence-corrected chi connectivity index (χ1v) is 13.8. The molecule has 1 amide bonds. The van der Waals surface area contributed by atoms with Gasteiger partial charge < -0.3 is 19.6 Å². The molecule has 1 atom stereocenters. The van der Waals surface area contributed by atoms with Crippen LogP contribution in [0.3, 0.4) is 0 Å². The molecule has 4 rings (SSSR count). The molecule has 0 spiro atoms. The summed E-state index contributed by atoms with van der Waals surface area (Å²) < 4.78 is 10.9. The Kier molecular flexibility index (Phi) is 10.4. The number of nitrogens with zero attached hydrogens (tertiary/aromatic N) is 3. The lowest BCUT2D eigenvalue weighted by Crippen LogP contribution is -2.46. The van der Waals surface area contributed by atoms with Crippen LogP contribution in [0.4, 0.5) is 4.79 Å². The van der Waals surface area contributed by atoms with Gasteiger partial charge in [-0.1, -0.05) is 86.1 Å². The Morgan fingerprint density at radius 3 is 2.22 bits per heavy atom. The van der Waals surface area contributed by atoms with E-state index >= 15 is 0 Å². The third kappa shape index (κ3) is 8.38. The monoisotopic (exact) mass is 558 g/mol. The topological polar surface area (TPSA) is 122 Å². The first kappa shape index (κ1) is 29.3. The van der Waals surface area contributed by atoms with Crippen molar-refractivity contribution < 1.29 is 28.7 Å². The predicted octanol–water partition coefficient (Wildman–Crippen LogP) is 5.05. The molecule has 3 aromatic carbocycles. The Morgan fingerprint density at radius 2 is 1.51 bits per heavy atom. The number of esters is 1. The van der Waals surface area contributed by atoms with Crippen molar-refractivity contribution in [2.75, 3.05) is 0 Å². The molecule has 1 N–H and O–H groups in total. The van der Waals surface area contributed by atoms with Crippen LogP contribution in [0.5, 0.6) is 5.75 Å². The third-order valence-electron chi connectivity index (χ3n) is 6.48. The molecule has 0 bridgehead atoms. The SMILES string of the molecule is CCCC(CCC)C(=O)Oc1ccc(C[C@H](NC(=O)OCc2ccccc2)C(=O)On2nnc3ccccc32)cc1. The second-order valence-electron chi connectivity index (χ2n) is 9.66. The van der Waals surface area contributed by atoms with Crippen LogP contribution in [0.15, 0.2) is 78.9 Å². The summed E-state index contributed by atoms with van der Waals surface area (Å²) >= 11 is 0. The highest BCUT2D eigenvalue weighted by Crippen LogP contribution is 2.20. The van der Waals surface area contributed by atoms with E-state index in [1.807, 2.05) is 44.2 Å². The van der Waals surface area contributed by atoms with Gasteiger partial charge in [-0.15, -0.1) is 5.10 Å². The number of nitrogens with one attached hydrogen (secondary N) is 1. The van der Waals surface area contributed by atoms with Gasteiger partial charge in [-0.25, -0.2) is 9.59 Å². The smallest absolute Gasteiger partial charge is 0.408 e. The molecule has 0 aliphatic heterocycles. The molecule has 0 aliphatic carbocycles. The largest absolute Gasteiger partial charge is 0.445 e. The number of rotatable bonds is 13. The quantitative estimate of drug-likeness (QED) is 0.138. The number of hydrogen-bond donors (Lipinski definition) is 1. The van der Waals surface area contributed by atoms with E-state index in [9.17, 15) is 14.4 Å². The Balaban J connectivity index is 1.45. The number of hydrogen-bond acceptors (Lipinski definition) is 8. The van der Waals surface area contributed by atoms with Gasteiger partial charge >= 0.3 is 18.0 Å². The zero-order valence-electron chi connectivity index (χ0n) is 23.2. The second-order valence-corrected chi connectivity index (χ2v) is 9.66. The number of para-hydroxylation sites is 1. The first-order chi connectivity index (χ1) is 20.0. The molecule has 0 fully saturated rings. The Hall–Kier alpha value is -4.73. The molecule has 4 aromatic rings. The second kappa shape index (κ2) is 14.6. The highest BCUT2D eigenvalue weighted by molar-refractivity contribution is 5.83. The van der Waals surface area contributed by atoms with Gasteiger partial charge in [0.25, 0.3) is 0 Å². The molecule has 0 unspecified atom stereocenters. The lowest BCUT2D eigenvalue weighted by Gasteiger charge is -2.18. The lowest BCUT2D eigenvalue weighted by atomic mass is 9.98. The molecule has 0 saturated heterocycles. The number of aromatic nitrogens is 3. The Bertz CT molecular complexity index is 1430. The maximum Gasteiger partial charge on any atom is 0.408 e. The fourth-order valence-electron chi connectivity index (χ4n) is 4.37. The van der Waals surface area contributed by atoms with Crippen LogP contribution in [0.25, 0.3) is 11.0 Å². The van der Waals surface area contributed by atoms with E-state index in [0.717, 1.165) is 36.1 Å². The molecule has 10 nitrogen and oxygen atoms in total. The lowest BCUT2D eigenvalue weighted by molar-refractivity contribution is -0.147. The summed E-state index contributed by atoms with van der Waals surface area (Å²) in [6.07, 6.45) is 2.68. The van der Waals surface area contributed by atoms with Gasteiger partial charge in [0.15, 0.2) is 0 Å². The summed E-state index contributed by atoms with van der Waals surface area (Å²) in [6.45, 7) is 4.13. The van der Waals surface area contributed by atoms with Crippen molar-refractivity contribution in [2.45, 2.75) is 58.6 Å². The third-order valence-corrected chi connectivity index (χ3v) is 6.48. The van der Waals surface area contributed by atoms with Crippen LogP contribution in [-0.4, -0.2) is 39.2 Å². The minimum Gasteiger partial charge on any atom is -0.445 e. The van der Waals surface area contributed by atoms with Crippen molar-refractivity contribution in [3.05, 3.63) is 90.0 Å². The van der Waals surface area contributed by atoms with Gasteiger partial charge in [-0.2, -0.15) is 0 Å². The van der Waals surface area contributed by atoms with E-state index in [1.54, 1.807) is 48.5 Å². The summed E-state index contributed by atoms with van der Waals surface area (Å²) in [4.78, 5) is 45.0. The van der Waals surface area contributed by atoms with Gasteiger partial charge in [0, 0.05) is 6.42 Å². The van der Waals surface area contributed by atoms with Crippen molar-refractivity contribution in [1.29, 1.82) is 0 Å². The van der Waals surface area contributed by atoms with Crippen molar-refractivity contribution in [2.24, 2.45) is 5.92 Å². The number of fused-ring (bicyclic) bond motifs is 1. The van der Waals surface area contributed by atoms with Crippen molar-refractivity contribution >= 4 is 29.1 Å². The minimum absolute atomic E-state index is 0.0409. The highest BCUT2D eigenvalue weighted by Gasteiger charge is 2.26. The average Bonchev–Trinajstić information content (AvgIpc) is 3.39. The number of benzene rings is 3. The van der Waals surface area contributed by atoms with Crippen LogP contribution in [-0.2, 0) is 27.4 Å². The van der Waals surface area contributed by atoms with Gasteiger partial charge in [0.05, 0.1) is 5.92 Å². The van der Waals surface area contributed by atoms with Crippen LogP contribution >= 0.6 is 0 Å². The van der Waals surface area contributed by atoms with Gasteiger partial charge in [-0.05, 0) is 53.4 Å². The minimum atomic E-state index is -1.10. The van der Waals surface area contributed by atoms with Crippen molar-refractivity contribution in [1.82, 2.24) is 20.5 Å². The van der Waals surface area contributed by atoms with Gasteiger partial charge in [-0.3, -0.25) is 4.79 Å². The molecule has 214 valence electrons. The number of carbonyl (C=O) groups excluding carboxylic acids is 3. The highest BCUT2D eigenvalue weighted by atomic mass is 16.7. The maximum atomic E-state index is 13.2. The molecule has 1 aromatic heterocycles. The fraction of sp³-hybridized carbons (Fsp3) is 0.323. The van der Waals surface area contributed by atoms with Crippen molar-refractivity contribution in [3.63, 3.8) is 0 Å². The first-order valence-electron chi connectivity index (χ1n) is 13.8. The van der Waals surface area contributed by atoms with Crippen LogP contribution < -0.4 is 14.9 Å². The zero-order chi connectivity index (χ0) is 29.0. The molecular formula is C31H34N4O6. The fourth-order valence-corrected chi connectivity index (χ4v) is 4.37. The van der Waals surface area contributed by atoms with Crippen molar-refractivity contribution in [3.8, 4) is 5.75 Å². The molecular weight excluding hydrogens is 524 g/mol. The predicted molar refractivity (Wildman–Crippen MR) is 152 cm³/mol. The molecule has 0 saturated carbocycles. The van der Waals surface area contributed by atoms with E-state index in [0.29, 0.717) is 22.3 Å². The molecule has 0 aliphatic rings. The molecule has 1 heterocycles. The normalized spacial score (nSPS) is 11.7. The zero-order valence-corrected chi connectivity index (χ0v) is 23.2. The number of ether oxygens (including phenoxy) is 2. The van der Waals surface area contributed by atoms with E-state index in [-0.39, 0.29) is 24.9 Å². The summed E-state index contributed by atoms with van der Waals surface area (Å²) in [6, 6.07) is 21.9. The van der Waals surface area contributed by atoms with E-state index in [4.69, 9.17) is 14.3 Å². The standard InChI is InChI=1S/C31H34N4O6/c1-3-10-24(11-4-2)29(36)40-25-18-16-22(17-19-25)20-27(32-31(38)39-21-23-12-6-5-7-13-23)30(37)41-35-28-15-9-8-14-26(28)33-34-35/h5-9,12-19,24,27H,3-4,10-11,20-21H2,1-2H3,(H,32,38)/t27-/m0/s1. The van der Waals surface area contributed by atoms with E-state index < -0.39 is 18.1 Å². The van der Waals surface area contributed by atoms with Gasteiger partial charge in [0.1, 0.15) is 29.4 Å². The van der Waals surface area contributed by atoms with E-state index in [1.165, 1.54) is 0 Å². The van der Waals surface area contributed by atoms with Crippen LogP contribution in [0.1, 0.15) is 50.7 Å². The summed E-state index contributed by atoms with van der Waals surface area (Å²) in [5.41, 5.74) is 2.57. The Morgan fingerprint density at radius 1 is 0.829 bits per heavy atom. The maximum absolute atomic E-state index is 13.2. The Labute approximate surface area is 238 Å². The number of carbonyl (C=O) groups is 3. The molecule has 10 heteroatoms. The number of alkyl carbamates (subject to hydrolysis) is 1. The van der Waals surface area contributed by atoms with Gasteiger partial charge in [0.2, 0.25) is 0 Å². The van der Waals surface area contributed by atoms with Crippen LogP contribution in [0, 0.1) is 5.92 Å². The number of amides is 1. The summed E-state index contributed by atoms with van der Waals surface area (Å²) in [5.74, 6) is -0.720. The average molecular weight is 559 g/mol. The van der Waals surface area contributed by atoms with E-state index in [2.05, 4.69) is 15.6 Å². The summed E-state index contributed by atoms with van der Waals surface area (Å²) in [7, 11) is 0. The molecule has 41 heavy (non-hydrogen) atoms. The van der Waals surface area contributed by atoms with Crippen LogP contribution in [0.2, 0.25) is 0 Å².